The van der Waals surface area contributed by atoms with E-state index in [1.807, 2.05) is 0 Å². The molecule has 0 aromatic carbocycles. The minimum Gasteiger partial charge on any atom is -0.381 e. The topological polar surface area (TPSA) is 37.0 Å². The van der Waals surface area contributed by atoms with Gasteiger partial charge in [0.2, 0.25) is 0 Å². The van der Waals surface area contributed by atoms with Gasteiger partial charge in [0.25, 0.3) is 0 Å². The molecule has 20 heavy (non-hydrogen) atoms. The van der Waals surface area contributed by atoms with Crippen molar-refractivity contribution in [3.05, 3.63) is 0 Å². The van der Waals surface area contributed by atoms with Gasteiger partial charge >= 0.3 is 0 Å². The Morgan fingerprint density at radius 1 is 1.05 bits per heavy atom. The highest BCUT2D eigenvalue weighted by Crippen LogP contribution is 2.21. The van der Waals surface area contributed by atoms with Crippen LogP contribution in [0.2, 0.25) is 0 Å². The van der Waals surface area contributed by atoms with Gasteiger partial charge in [-0.05, 0) is 26.4 Å². The number of nitrogens with one attached hydrogen (secondary N) is 1. The van der Waals surface area contributed by atoms with Crippen LogP contribution in [0, 0.1) is 5.92 Å². The Balaban J connectivity index is 1.47. The molecule has 0 aromatic heterocycles. The highest BCUT2D eigenvalue weighted by Gasteiger charge is 2.32. The summed E-state index contributed by atoms with van der Waals surface area (Å²) in [4.78, 5) is 5.26. The molecule has 3 heterocycles. The van der Waals surface area contributed by atoms with Crippen LogP contribution in [0.4, 0.5) is 0 Å². The predicted molar refractivity (Wildman–Crippen MR) is 79.0 cm³/mol. The molecule has 116 valence electrons. The second-order valence-electron chi connectivity index (χ2n) is 6.37. The summed E-state index contributed by atoms with van der Waals surface area (Å²) >= 11 is 0. The molecule has 3 saturated heterocycles. The van der Waals surface area contributed by atoms with Crippen LogP contribution < -0.4 is 5.32 Å². The summed E-state index contributed by atoms with van der Waals surface area (Å²) in [7, 11) is 2.09. The van der Waals surface area contributed by atoms with Crippen molar-refractivity contribution in [2.45, 2.75) is 24.9 Å². The van der Waals surface area contributed by atoms with Gasteiger partial charge in [0, 0.05) is 50.8 Å². The van der Waals surface area contributed by atoms with Crippen molar-refractivity contribution in [1.29, 1.82) is 0 Å². The molecule has 3 aliphatic rings. The van der Waals surface area contributed by atoms with Crippen molar-refractivity contribution in [3.8, 4) is 0 Å². The Hall–Kier alpha value is -0.200. The Morgan fingerprint density at radius 3 is 2.70 bits per heavy atom. The third-order valence-electron chi connectivity index (χ3n) is 5.15. The van der Waals surface area contributed by atoms with Crippen molar-refractivity contribution >= 4 is 0 Å². The molecule has 0 aromatic rings. The van der Waals surface area contributed by atoms with Crippen LogP contribution in [0.15, 0.2) is 0 Å². The first-order valence-electron chi connectivity index (χ1n) is 8.16. The number of hydrogen-bond acceptors (Lipinski definition) is 5. The van der Waals surface area contributed by atoms with E-state index in [2.05, 4.69) is 22.2 Å². The summed E-state index contributed by atoms with van der Waals surface area (Å²) in [6, 6.07) is 1.38. The normalized spacial score (nSPS) is 37.4. The van der Waals surface area contributed by atoms with Gasteiger partial charge in [0.05, 0.1) is 19.8 Å². The predicted octanol–water partition coefficient (Wildman–Crippen LogP) is 0.0174. The van der Waals surface area contributed by atoms with Crippen molar-refractivity contribution < 1.29 is 9.47 Å². The zero-order valence-corrected chi connectivity index (χ0v) is 12.7. The fourth-order valence-corrected chi connectivity index (χ4v) is 3.91. The number of ether oxygens (including phenoxy) is 2. The van der Waals surface area contributed by atoms with Crippen LogP contribution in [0.25, 0.3) is 0 Å². The molecule has 5 nitrogen and oxygen atoms in total. The SMILES string of the molecule is CNC1CCOCC1CN1CCC(N2CCOCC2)C1. The second-order valence-corrected chi connectivity index (χ2v) is 6.37. The summed E-state index contributed by atoms with van der Waals surface area (Å²) in [5.74, 6) is 0.650. The summed E-state index contributed by atoms with van der Waals surface area (Å²) in [5.41, 5.74) is 0. The van der Waals surface area contributed by atoms with E-state index >= 15 is 0 Å². The molecule has 3 rings (SSSR count). The highest BCUT2D eigenvalue weighted by molar-refractivity contribution is 4.88. The molecular formula is C15H29N3O2. The minimum absolute atomic E-state index is 0.631. The van der Waals surface area contributed by atoms with E-state index in [4.69, 9.17) is 9.47 Å². The van der Waals surface area contributed by atoms with E-state index in [1.165, 1.54) is 26.1 Å². The molecule has 0 amide bonds. The molecule has 3 unspecified atom stereocenters. The monoisotopic (exact) mass is 283 g/mol. The lowest BCUT2D eigenvalue weighted by Crippen LogP contribution is -2.48. The van der Waals surface area contributed by atoms with Gasteiger partial charge in [0.15, 0.2) is 0 Å². The number of morpholine rings is 1. The van der Waals surface area contributed by atoms with Crippen LogP contribution in [0.5, 0.6) is 0 Å². The first-order valence-corrected chi connectivity index (χ1v) is 8.16. The van der Waals surface area contributed by atoms with E-state index in [1.54, 1.807) is 0 Å². The van der Waals surface area contributed by atoms with Gasteiger partial charge in [-0.2, -0.15) is 0 Å². The maximum Gasteiger partial charge on any atom is 0.0594 e. The van der Waals surface area contributed by atoms with E-state index < -0.39 is 0 Å². The van der Waals surface area contributed by atoms with Gasteiger partial charge < -0.3 is 19.7 Å². The molecule has 5 heteroatoms. The van der Waals surface area contributed by atoms with Crippen LogP contribution >= 0.6 is 0 Å². The Morgan fingerprint density at radius 2 is 1.90 bits per heavy atom. The average molecular weight is 283 g/mol. The van der Waals surface area contributed by atoms with E-state index in [0.29, 0.717) is 12.0 Å². The Labute approximate surface area is 122 Å². The van der Waals surface area contributed by atoms with Crippen molar-refractivity contribution in [3.63, 3.8) is 0 Å². The smallest absolute Gasteiger partial charge is 0.0594 e. The first-order chi connectivity index (χ1) is 9.86. The first kappa shape index (κ1) is 14.7. The summed E-state index contributed by atoms with van der Waals surface area (Å²) in [6.45, 7) is 9.55. The van der Waals surface area contributed by atoms with Gasteiger partial charge in [0.1, 0.15) is 0 Å². The van der Waals surface area contributed by atoms with E-state index in [9.17, 15) is 0 Å². The lowest BCUT2D eigenvalue weighted by Gasteiger charge is -2.35. The molecule has 0 saturated carbocycles. The lowest BCUT2D eigenvalue weighted by atomic mass is 9.95. The van der Waals surface area contributed by atoms with E-state index in [0.717, 1.165) is 52.0 Å². The number of rotatable bonds is 4. The maximum atomic E-state index is 5.67. The maximum absolute atomic E-state index is 5.67. The average Bonchev–Trinajstić information content (AvgIpc) is 2.97. The Kier molecular flexibility index (Phi) is 5.29. The minimum atomic E-state index is 0.631. The van der Waals surface area contributed by atoms with Crippen LogP contribution in [-0.2, 0) is 9.47 Å². The zero-order valence-electron chi connectivity index (χ0n) is 12.7. The molecule has 0 bridgehead atoms. The highest BCUT2D eigenvalue weighted by atomic mass is 16.5. The molecular weight excluding hydrogens is 254 g/mol. The molecule has 0 spiro atoms. The van der Waals surface area contributed by atoms with Crippen molar-refractivity contribution in [2.75, 3.05) is 66.2 Å². The number of hydrogen-bond donors (Lipinski definition) is 1. The molecule has 3 aliphatic heterocycles. The van der Waals surface area contributed by atoms with Crippen LogP contribution in [0.1, 0.15) is 12.8 Å². The van der Waals surface area contributed by atoms with Gasteiger partial charge in [-0.3, -0.25) is 4.90 Å². The quantitative estimate of drug-likeness (QED) is 0.787. The summed E-state index contributed by atoms with van der Waals surface area (Å²) in [5, 5.41) is 3.47. The third-order valence-corrected chi connectivity index (χ3v) is 5.15. The Bertz CT molecular complexity index is 297. The van der Waals surface area contributed by atoms with E-state index in [-0.39, 0.29) is 0 Å². The molecule has 0 aliphatic carbocycles. The van der Waals surface area contributed by atoms with Gasteiger partial charge in [-0.15, -0.1) is 0 Å². The molecule has 1 N–H and O–H groups in total. The second kappa shape index (κ2) is 7.18. The van der Waals surface area contributed by atoms with Crippen LogP contribution in [-0.4, -0.2) is 88.1 Å². The van der Waals surface area contributed by atoms with Crippen molar-refractivity contribution in [1.82, 2.24) is 15.1 Å². The largest absolute Gasteiger partial charge is 0.381 e. The van der Waals surface area contributed by atoms with Crippen molar-refractivity contribution in [2.24, 2.45) is 5.92 Å². The van der Waals surface area contributed by atoms with Gasteiger partial charge in [-0.25, -0.2) is 0 Å². The number of nitrogens with zero attached hydrogens (tertiary/aromatic N) is 2. The fraction of sp³-hybridized carbons (Fsp3) is 1.00. The summed E-state index contributed by atoms with van der Waals surface area (Å²) < 4.78 is 11.1. The van der Waals surface area contributed by atoms with Gasteiger partial charge in [-0.1, -0.05) is 0 Å². The number of likely N-dealkylation sites (tertiary alicyclic amines) is 1. The molecule has 3 atom stereocenters. The molecule has 3 fully saturated rings. The zero-order chi connectivity index (χ0) is 13.8. The summed E-state index contributed by atoms with van der Waals surface area (Å²) in [6.07, 6.45) is 2.47. The van der Waals surface area contributed by atoms with Crippen LogP contribution in [0.3, 0.4) is 0 Å². The third kappa shape index (κ3) is 3.52. The fourth-order valence-electron chi connectivity index (χ4n) is 3.91. The standard InChI is InChI=1S/C15H29N3O2/c1-16-15-3-7-20-12-13(15)10-17-4-2-14(11-17)18-5-8-19-9-6-18/h13-16H,2-12H2,1H3. The molecule has 0 radical (unpaired) electrons. The lowest BCUT2D eigenvalue weighted by molar-refractivity contribution is 0.0113.